The van der Waals surface area contributed by atoms with Crippen LogP contribution in [-0.2, 0) is 4.74 Å². The van der Waals surface area contributed by atoms with Crippen molar-refractivity contribution >= 4 is 17.7 Å². The van der Waals surface area contributed by atoms with Gasteiger partial charge in [0.15, 0.2) is 0 Å². The number of carbonyl (C=O) groups excluding carboxylic acids is 1. The molecule has 2 N–H and O–H groups in total. The number of carbonyl (C=O) groups is 2. The minimum absolute atomic E-state index is 0.119. The first-order chi connectivity index (χ1) is 10.2. The van der Waals surface area contributed by atoms with Gasteiger partial charge in [0.2, 0.25) is 5.76 Å². The third kappa shape index (κ3) is 4.12. The summed E-state index contributed by atoms with van der Waals surface area (Å²) >= 11 is 0. The number of hydrogen-bond donors (Lipinski definition) is 2. The minimum atomic E-state index is -1.12. The molecule has 0 aliphatic rings. The molecule has 0 aliphatic carbocycles. The molecule has 0 radical (unpaired) electrons. The molecule has 0 fully saturated rings. The topological polar surface area (TPSA) is 88.8 Å². The largest absolute Gasteiger partial charge is 0.475 e. The molecule has 0 atom stereocenters. The number of carboxylic acids is 1. The Kier molecular flexibility index (Phi) is 4.21. The third-order valence-corrected chi connectivity index (χ3v) is 2.63. The summed E-state index contributed by atoms with van der Waals surface area (Å²) in [5.74, 6) is -0.790. The number of aromatic carboxylic acids is 1. The quantitative estimate of drug-likeness (QED) is 0.894. The summed E-state index contributed by atoms with van der Waals surface area (Å²) in [4.78, 5) is 22.4. The van der Waals surface area contributed by atoms with Crippen LogP contribution in [0.1, 0.15) is 31.3 Å². The van der Waals surface area contributed by atoms with Crippen molar-refractivity contribution in [1.82, 2.24) is 0 Å². The SMILES string of the molecule is CC(C)(C)OC(=O)Nc1ccc(-c2ccc(C(=O)O)o2)cc1. The summed E-state index contributed by atoms with van der Waals surface area (Å²) in [5, 5.41) is 11.4. The first-order valence-electron chi connectivity index (χ1n) is 6.68. The second-order valence-electron chi connectivity index (χ2n) is 5.67. The van der Waals surface area contributed by atoms with Gasteiger partial charge in [-0.05, 0) is 57.2 Å². The molecule has 1 heterocycles. The summed E-state index contributed by atoms with van der Waals surface area (Å²) in [6.07, 6.45) is -0.536. The van der Waals surface area contributed by atoms with Gasteiger partial charge in [-0.15, -0.1) is 0 Å². The highest BCUT2D eigenvalue weighted by atomic mass is 16.6. The van der Waals surface area contributed by atoms with E-state index in [0.717, 1.165) is 0 Å². The molecule has 0 saturated carbocycles. The van der Waals surface area contributed by atoms with Crippen molar-refractivity contribution in [2.24, 2.45) is 0 Å². The van der Waals surface area contributed by atoms with Gasteiger partial charge in [0.1, 0.15) is 11.4 Å². The molecule has 1 aromatic heterocycles. The molecule has 1 amide bonds. The van der Waals surface area contributed by atoms with Gasteiger partial charge >= 0.3 is 12.1 Å². The Bertz CT molecular complexity index is 679. The number of anilines is 1. The van der Waals surface area contributed by atoms with Crippen molar-refractivity contribution in [2.45, 2.75) is 26.4 Å². The van der Waals surface area contributed by atoms with E-state index in [9.17, 15) is 9.59 Å². The summed E-state index contributed by atoms with van der Waals surface area (Å²) < 4.78 is 10.4. The van der Waals surface area contributed by atoms with E-state index in [4.69, 9.17) is 14.3 Å². The number of nitrogens with one attached hydrogen (secondary N) is 1. The van der Waals surface area contributed by atoms with Crippen molar-refractivity contribution in [3.05, 3.63) is 42.2 Å². The molecule has 2 aromatic rings. The molecule has 2 rings (SSSR count). The Hall–Kier alpha value is -2.76. The monoisotopic (exact) mass is 303 g/mol. The number of benzene rings is 1. The zero-order valence-corrected chi connectivity index (χ0v) is 12.5. The molecule has 6 nitrogen and oxygen atoms in total. The van der Waals surface area contributed by atoms with Gasteiger partial charge in [-0.2, -0.15) is 0 Å². The Labute approximate surface area is 127 Å². The maximum Gasteiger partial charge on any atom is 0.412 e. The van der Waals surface area contributed by atoms with E-state index in [-0.39, 0.29) is 5.76 Å². The molecule has 1 aromatic carbocycles. The number of hydrogen-bond acceptors (Lipinski definition) is 4. The molecular weight excluding hydrogens is 286 g/mol. The summed E-state index contributed by atoms with van der Waals surface area (Å²) in [6, 6.07) is 9.78. The van der Waals surface area contributed by atoms with Crippen LogP contribution in [0.4, 0.5) is 10.5 Å². The van der Waals surface area contributed by atoms with Gasteiger partial charge in [0.05, 0.1) is 0 Å². The highest BCUT2D eigenvalue weighted by Gasteiger charge is 2.16. The van der Waals surface area contributed by atoms with Gasteiger partial charge in [0, 0.05) is 11.3 Å². The first-order valence-corrected chi connectivity index (χ1v) is 6.68. The predicted molar refractivity (Wildman–Crippen MR) is 81.0 cm³/mol. The van der Waals surface area contributed by atoms with Crippen molar-refractivity contribution in [3.63, 3.8) is 0 Å². The lowest BCUT2D eigenvalue weighted by atomic mass is 10.1. The van der Waals surface area contributed by atoms with Crippen LogP contribution in [0.25, 0.3) is 11.3 Å². The molecule has 116 valence electrons. The molecule has 0 unspecified atom stereocenters. The first kappa shape index (κ1) is 15.6. The van der Waals surface area contributed by atoms with Crippen molar-refractivity contribution in [1.29, 1.82) is 0 Å². The van der Waals surface area contributed by atoms with Gasteiger partial charge in [-0.3, -0.25) is 5.32 Å². The molecule has 0 bridgehead atoms. The smallest absolute Gasteiger partial charge is 0.412 e. The van der Waals surface area contributed by atoms with E-state index in [1.807, 2.05) is 0 Å². The number of amides is 1. The number of rotatable bonds is 3. The zero-order chi connectivity index (χ0) is 16.3. The molecule has 6 heteroatoms. The Balaban J connectivity index is 2.06. The molecule has 0 saturated heterocycles. The molecular formula is C16H17NO5. The zero-order valence-electron chi connectivity index (χ0n) is 12.5. The van der Waals surface area contributed by atoms with E-state index in [2.05, 4.69) is 5.32 Å². The minimum Gasteiger partial charge on any atom is -0.475 e. The van der Waals surface area contributed by atoms with Crippen LogP contribution in [-0.4, -0.2) is 22.8 Å². The van der Waals surface area contributed by atoms with Crippen LogP contribution >= 0.6 is 0 Å². The highest BCUT2D eigenvalue weighted by Crippen LogP contribution is 2.24. The Morgan fingerprint density at radius 1 is 1.09 bits per heavy atom. The lowest BCUT2D eigenvalue weighted by Gasteiger charge is -2.19. The van der Waals surface area contributed by atoms with Crippen LogP contribution in [0.3, 0.4) is 0 Å². The van der Waals surface area contributed by atoms with Crippen molar-refractivity contribution in [2.75, 3.05) is 5.32 Å². The normalized spacial score (nSPS) is 11.0. The summed E-state index contributed by atoms with van der Waals surface area (Å²) in [5.41, 5.74) is 0.719. The molecule has 0 spiro atoms. The fraction of sp³-hybridized carbons (Fsp3) is 0.250. The summed E-state index contributed by atoms with van der Waals surface area (Å²) in [6.45, 7) is 5.35. The lowest BCUT2D eigenvalue weighted by molar-refractivity contribution is 0.0632. The van der Waals surface area contributed by atoms with Gasteiger partial charge in [0.25, 0.3) is 0 Å². The van der Waals surface area contributed by atoms with Crippen LogP contribution in [0, 0.1) is 0 Å². The maximum absolute atomic E-state index is 11.6. The Morgan fingerprint density at radius 3 is 2.23 bits per heavy atom. The molecule has 22 heavy (non-hydrogen) atoms. The van der Waals surface area contributed by atoms with Crippen LogP contribution in [0.5, 0.6) is 0 Å². The lowest BCUT2D eigenvalue weighted by Crippen LogP contribution is -2.27. The van der Waals surface area contributed by atoms with E-state index >= 15 is 0 Å². The van der Waals surface area contributed by atoms with Crippen molar-refractivity contribution in [3.8, 4) is 11.3 Å². The second-order valence-corrected chi connectivity index (χ2v) is 5.67. The predicted octanol–water partition coefficient (Wildman–Crippen LogP) is 3.99. The van der Waals surface area contributed by atoms with E-state index in [1.165, 1.54) is 6.07 Å². The van der Waals surface area contributed by atoms with Gasteiger partial charge < -0.3 is 14.3 Å². The second kappa shape index (κ2) is 5.93. The fourth-order valence-electron chi connectivity index (χ4n) is 1.75. The average Bonchev–Trinajstić information content (AvgIpc) is 2.87. The van der Waals surface area contributed by atoms with Gasteiger partial charge in [-0.25, -0.2) is 9.59 Å². The van der Waals surface area contributed by atoms with Crippen molar-refractivity contribution < 1.29 is 23.8 Å². The van der Waals surface area contributed by atoms with Gasteiger partial charge in [-0.1, -0.05) is 0 Å². The number of furan rings is 1. The average molecular weight is 303 g/mol. The highest BCUT2D eigenvalue weighted by molar-refractivity contribution is 5.86. The number of carboxylic acid groups (broad SMARTS) is 1. The summed E-state index contributed by atoms with van der Waals surface area (Å²) in [7, 11) is 0. The van der Waals surface area contributed by atoms with E-state index in [0.29, 0.717) is 17.0 Å². The third-order valence-electron chi connectivity index (χ3n) is 2.63. The number of ether oxygens (including phenoxy) is 1. The van der Waals surface area contributed by atoms with Crippen LogP contribution in [0.15, 0.2) is 40.8 Å². The Morgan fingerprint density at radius 2 is 1.73 bits per heavy atom. The van der Waals surface area contributed by atoms with E-state index < -0.39 is 17.7 Å². The standard InChI is InChI=1S/C16H17NO5/c1-16(2,3)22-15(20)17-11-6-4-10(5-7-11)12-8-9-13(21-12)14(18)19/h4-9H,1-3H3,(H,17,20)(H,18,19). The van der Waals surface area contributed by atoms with Crippen LogP contribution < -0.4 is 5.32 Å². The van der Waals surface area contributed by atoms with Crippen LogP contribution in [0.2, 0.25) is 0 Å². The van der Waals surface area contributed by atoms with E-state index in [1.54, 1.807) is 51.1 Å². The maximum atomic E-state index is 11.6. The fourth-order valence-corrected chi connectivity index (χ4v) is 1.75. The molecule has 0 aliphatic heterocycles.